The van der Waals surface area contributed by atoms with Gasteiger partial charge in [-0.3, -0.25) is 4.79 Å². The number of benzene rings is 1. The maximum absolute atomic E-state index is 12.1. The zero-order chi connectivity index (χ0) is 10.4. The number of fused-ring (bicyclic) bond motifs is 2. The summed E-state index contributed by atoms with van der Waals surface area (Å²) in [6, 6.07) is 7.72. The molecule has 2 N–H and O–H groups in total. The number of aromatic nitrogens is 2. The van der Waals surface area contributed by atoms with Gasteiger partial charge in [-0.25, -0.2) is 0 Å². The van der Waals surface area contributed by atoms with E-state index in [9.17, 15) is 4.79 Å². The first kappa shape index (κ1) is 8.29. The molecule has 74 valence electrons. The van der Waals surface area contributed by atoms with Crippen molar-refractivity contribution in [2.24, 2.45) is 0 Å². The van der Waals surface area contributed by atoms with Crippen molar-refractivity contribution in [1.29, 1.82) is 0 Å². The standard InChI is InChI=1S/C12H10N2O/c1-7-2-3-9-8(6-7)12(15)11-10(14-9)4-5-13-11/h2-6,13H,1H3,(H,14,15). The van der Waals surface area contributed by atoms with Gasteiger partial charge >= 0.3 is 0 Å². The average Bonchev–Trinajstić information content (AvgIpc) is 2.68. The Hall–Kier alpha value is -2.03. The number of aromatic amines is 2. The molecule has 0 bridgehead atoms. The Morgan fingerprint density at radius 3 is 2.87 bits per heavy atom. The molecule has 0 saturated heterocycles. The summed E-state index contributed by atoms with van der Waals surface area (Å²) in [5, 5.41) is 0.741. The van der Waals surface area contributed by atoms with E-state index in [1.165, 1.54) is 0 Å². The van der Waals surface area contributed by atoms with Crippen LogP contribution in [0.1, 0.15) is 5.56 Å². The Balaban J connectivity index is 2.64. The highest BCUT2D eigenvalue weighted by Gasteiger charge is 2.05. The second-order valence-electron chi connectivity index (χ2n) is 3.77. The topological polar surface area (TPSA) is 48.6 Å². The number of rotatable bonds is 0. The first-order valence-corrected chi connectivity index (χ1v) is 4.85. The van der Waals surface area contributed by atoms with Gasteiger partial charge < -0.3 is 9.97 Å². The fraction of sp³-hybridized carbons (Fsp3) is 0.0833. The highest BCUT2D eigenvalue weighted by atomic mass is 16.1. The monoisotopic (exact) mass is 198 g/mol. The van der Waals surface area contributed by atoms with Gasteiger partial charge in [0.15, 0.2) is 0 Å². The molecule has 0 aliphatic rings. The zero-order valence-electron chi connectivity index (χ0n) is 8.29. The van der Waals surface area contributed by atoms with Crippen LogP contribution in [0.25, 0.3) is 21.9 Å². The van der Waals surface area contributed by atoms with Crippen molar-refractivity contribution >= 4 is 21.9 Å². The van der Waals surface area contributed by atoms with Crippen molar-refractivity contribution in [3.8, 4) is 0 Å². The van der Waals surface area contributed by atoms with Crippen molar-refractivity contribution in [2.75, 3.05) is 0 Å². The number of H-pyrrole nitrogens is 2. The molecule has 0 atom stereocenters. The second kappa shape index (κ2) is 2.73. The van der Waals surface area contributed by atoms with Crippen LogP contribution in [-0.2, 0) is 0 Å². The first-order valence-electron chi connectivity index (χ1n) is 4.85. The lowest BCUT2D eigenvalue weighted by atomic mass is 10.1. The summed E-state index contributed by atoms with van der Waals surface area (Å²) in [6.07, 6.45) is 1.77. The first-order chi connectivity index (χ1) is 7.25. The summed E-state index contributed by atoms with van der Waals surface area (Å²) < 4.78 is 0. The lowest BCUT2D eigenvalue weighted by Gasteiger charge is -1.99. The maximum Gasteiger partial charge on any atom is 0.213 e. The highest BCUT2D eigenvalue weighted by molar-refractivity contribution is 5.90. The Labute approximate surface area is 85.8 Å². The van der Waals surface area contributed by atoms with Crippen LogP contribution in [0.15, 0.2) is 35.3 Å². The Morgan fingerprint density at radius 1 is 1.13 bits per heavy atom. The zero-order valence-corrected chi connectivity index (χ0v) is 8.29. The molecule has 0 fully saturated rings. The molecule has 15 heavy (non-hydrogen) atoms. The van der Waals surface area contributed by atoms with Crippen LogP contribution >= 0.6 is 0 Å². The molecule has 0 saturated carbocycles. The van der Waals surface area contributed by atoms with Gasteiger partial charge in [0.25, 0.3) is 0 Å². The Bertz CT molecular complexity index is 706. The second-order valence-corrected chi connectivity index (χ2v) is 3.77. The van der Waals surface area contributed by atoms with Gasteiger partial charge in [-0.2, -0.15) is 0 Å². The van der Waals surface area contributed by atoms with E-state index in [4.69, 9.17) is 0 Å². The summed E-state index contributed by atoms with van der Waals surface area (Å²) in [4.78, 5) is 18.2. The van der Waals surface area contributed by atoms with Gasteiger partial charge in [0.1, 0.15) is 5.52 Å². The molecule has 0 spiro atoms. The molecular weight excluding hydrogens is 188 g/mol. The quantitative estimate of drug-likeness (QED) is 0.572. The van der Waals surface area contributed by atoms with Crippen LogP contribution in [0.5, 0.6) is 0 Å². The van der Waals surface area contributed by atoms with Crippen LogP contribution in [0, 0.1) is 6.92 Å². The molecule has 0 amide bonds. The predicted octanol–water partition coefficient (Wildman–Crippen LogP) is 2.32. The van der Waals surface area contributed by atoms with Crippen LogP contribution in [0.3, 0.4) is 0 Å². The van der Waals surface area contributed by atoms with Crippen LogP contribution in [0.2, 0.25) is 0 Å². The summed E-state index contributed by atoms with van der Waals surface area (Å²) in [6.45, 7) is 1.98. The third kappa shape index (κ3) is 1.09. The molecule has 3 aromatic rings. The molecule has 1 aromatic carbocycles. The van der Waals surface area contributed by atoms with Gasteiger partial charge in [-0.15, -0.1) is 0 Å². The van der Waals surface area contributed by atoms with Crippen molar-refractivity contribution in [3.63, 3.8) is 0 Å². The molecular formula is C12H10N2O. The number of aryl methyl sites for hydroxylation is 1. The van der Waals surface area contributed by atoms with Crippen LogP contribution in [-0.4, -0.2) is 9.97 Å². The van der Waals surface area contributed by atoms with E-state index in [0.29, 0.717) is 5.52 Å². The lowest BCUT2D eigenvalue weighted by molar-refractivity contribution is 1.42. The minimum atomic E-state index is 0.0625. The molecule has 3 rings (SSSR count). The van der Waals surface area contributed by atoms with E-state index in [-0.39, 0.29) is 5.43 Å². The van der Waals surface area contributed by atoms with Gasteiger partial charge in [0, 0.05) is 17.1 Å². The van der Waals surface area contributed by atoms with E-state index in [1.807, 2.05) is 31.2 Å². The van der Waals surface area contributed by atoms with Crippen LogP contribution in [0.4, 0.5) is 0 Å². The van der Waals surface area contributed by atoms with Gasteiger partial charge in [0.05, 0.1) is 5.52 Å². The van der Waals surface area contributed by atoms with E-state index in [0.717, 1.165) is 22.0 Å². The summed E-state index contributed by atoms with van der Waals surface area (Å²) in [5.41, 5.74) is 3.55. The molecule has 2 aromatic heterocycles. The van der Waals surface area contributed by atoms with Crippen molar-refractivity contribution < 1.29 is 0 Å². The number of hydrogen-bond donors (Lipinski definition) is 2. The third-order valence-electron chi connectivity index (χ3n) is 2.66. The molecule has 0 aliphatic carbocycles. The molecule has 3 heteroatoms. The largest absolute Gasteiger partial charge is 0.357 e. The van der Waals surface area contributed by atoms with Gasteiger partial charge in [0.2, 0.25) is 5.43 Å². The van der Waals surface area contributed by atoms with Crippen molar-refractivity contribution in [3.05, 3.63) is 46.2 Å². The average molecular weight is 198 g/mol. The minimum absolute atomic E-state index is 0.0625. The molecule has 0 unspecified atom stereocenters. The summed E-state index contributed by atoms with van der Waals surface area (Å²) >= 11 is 0. The highest BCUT2D eigenvalue weighted by Crippen LogP contribution is 2.14. The van der Waals surface area contributed by atoms with E-state index >= 15 is 0 Å². The normalized spacial score (nSPS) is 11.3. The smallest absolute Gasteiger partial charge is 0.213 e. The van der Waals surface area contributed by atoms with Gasteiger partial charge in [-0.05, 0) is 25.1 Å². The van der Waals surface area contributed by atoms with E-state index < -0.39 is 0 Å². The predicted molar refractivity (Wildman–Crippen MR) is 61.2 cm³/mol. The maximum atomic E-state index is 12.1. The van der Waals surface area contributed by atoms with Crippen molar-refractivity contribution in [2.45, 2.75) is 6.92 Å². The number of pyridine rings is 1. The molecule has 0 radical (unpaired) electrons. The van der Waals surface area contributed by atoms with Crippen LogP contribution < -0.4 is 5.43 Å². The third-order valence-corrected chi connectivity index (χ3v) is 2.66. The van der Waals surface area contributed by atoms with Crippen molar-refractivity contribution in [1.82, 2.24) is 9.97 Å². The van der Waals surface area contributed by atoms with Gasteiger partial charge in [-0.1, -0.05) is 11.6 Å². The lowest BCUT2D eigenvalue weighted by Crippen LogP contribution is -2.03. The SMILES string of the molecule is Cc1ccc2[nH]c3cc[nH]c3c(=O)c2c1. The van der Waals surface area contributed by atoms with E-state index in [1.54, 1.807) is 6.20 Å². The Kier molecular flexibility index (Phi) is 1.51. The minimum Gasteiger partial charge on any atom is -0.357 e. The number of nitrogens with one attached hydrogen (secondary N) is 2. The molecule has 0 aliphatic heterocycles. The summed E-state index contributed by atoms with van der Waals surface area (Å²) in [5.74, 6) is 0. The van der Waals surface area contributed by atoms with E-state index in [2.05, 4.69) is 9.97 Å². The molecule has 2 heterocycles. The fourth-order valence-corrected chi connectivity index (χ4v) is 1.90. The number of hydrogen-bond acceptors (Lipinski definition) is 1. The molecule has 3 nitrogen and oxygen atoms in total. The summed E-state index contributed by atoms with van der Waals surface area (Å²) in [7, 11) is 0. The fourth-order valence-electron chi connectivity index (χ4n) is 1.90. The Morgan fingerprint density at radius 2 is 2.00 bits per heavy atom.